The van der Waals surface area contributed by atoms with Crippen molar-refractivity contribution in [1.82, 2.24) is 19.3 Å². The molecule has 0 unspecified atom stereocenters. The number of carbonyl (C=O) groups is 1. The van der Waals surface area contributed by atoms with E-state index in [9.17, 15) is 4.79 Å². The van der Waals surface area contributed by atoms with Crippen molar-refractivity contribution in [2.75, 3.05) is 18.8 Å². The SMILES string of the molecule is CC(C)(C)OC(=O)N1CC=C(c2cc3ncnc(N)n3c2)CC1. The van der Waals surface area contributed by atoms with Crippen LogP contribution in [0.3, 0.4) is 0 Å². The highest BCUT2D eigenvalue weighted by Gasteiger charge is 2.24. The van der Waals surface area contributed by atoms with Gasteiger partial charge in [-0.25, -0.2) is 14.8 Å². The summed E-state index contributed by atoms with van der Waals surface area (Å²) in [4.78, 5) is 22.0. The molecule has 0 saturated heterocycles. The van der Waals surface area contributed by atoms with Gasteiger partial charge in [0.2, 0.25) is 5.95 Å². The quantitative estimate of drug-likeness (QED) is 0.873. The minimum atomic E-state index is -0.475. The number of fused-ring (bicyclic) bond motifs is 1. The van der Waals surface area contributed by atoms with Crippen LogP contribution in [-0.2, 0) is 4.74 Å². The molecule has 1 aliphatic rings. The smallest absolute Gasteiger partial charge is 0.410 e. The van der Waals surface area contributed by atoms with E-state index in [1.165, 1.54) is 11.9 Å². The second-order valence-corrected chi connectivity index (χ2v) is 6.59. The van der Waals surface area contributed by atoms with Gasteiger partial charge in [-0.3, -0.25) is 4.40 Å². The van der Waals surface area contributed by atoms with Gasteiger partial charge in [-0.05, 0) is 44.4 Å². The Labute approximate surface area is 134 Å². The molecule has 0 atom stereocenters. The lowest BCUT2D eigenvalue weighted by Gasteiger charge is -2.29. The van der Waals surface area contributed by atoms with E-state index < -0.39 is 5.60 Å². The Hall–Kier alpha value is -2.57. The highest BCUT2D eigenvalue weighted by atomic mass is 16.6. The molecule has 0 saturated carbocycles. The first-order valence-electron chi connectivity index (χ1n) is 7.59. The first-order chi connectivity index (χ1) is 10.8. The molecule has 23 heavy (non-hydrogen) atoms. The van der Waals surface area contributed by atoms with Crippen LogP contribution >= 0.6 is 0 Å². The Balaban J connectivity index is 1.75. The number of nitrogens with two attached hydrogens (primary N) is 1. The maximum atomic E-state index is 12.1. The molecule has 2 aromatic heterocycles. The van der Waals surface area contributed by atoms with Gasteiger partial charge in [0.1, 0.15) is 17.6 Å². The summed E-state index contributed by atoms with van der Waals surface area (Å²) in [5.74, 6) is 0.410. The van der Waals surface area contributed by atoms with Crippen LogP contribution in [0.25, 0.3) is 11.2 Å². The minimum absolute atomic E-state index is 0.273. The number of hydrogen-bond acceptors (Lipinski definition) is 5. The van der Waals surface area contributed by atoms with Gasteiger partial charge >= 0.3 is 6.09 Å². The summed E-state index contributed by atoms with van der Waals surface area (Å²) in [5.41, 5.74) is 8.37. The molecule has 1 amide bonds. The maximum absolute atomic E-state index is 12.1. The summed E-state index contributed by atoms with van der Waals surface area (Å²) in [5, 5.41) is 0. The first kappa shape index (κ1) is 15.3. The van der Waals surface area contributed by atoms with E-state index in [2.05, 4.69) is 9.97 Å². The molecule has 1 aliphatic heterocycles. The van der Waals surface area contributed by atoms with Gasteiger partial charge in [-0.1, -0.05) is 6.08 Å². The zero-order valence-corrected chi connectivity index (χ0v) is 13.6. The maximum Gasteiger partial charge on any atom is 0.410 e. The van der Waals surface area contributed by atoms with Crippen molar-refractivity contribution in [3.05, 3.63) is 30.2 Å². The number of anilines is 1. The van der Waals surface area contributed by atoms with Gasteiger partial charge in [0.05, 0.1) is 0 Å². The fraction of sp³-hybridized carbons (Fsp3) is 0.438. The van der Waals surface area contributed by atoms with E-state index in [0.29, 0.717) is 19.0 Å². The average molecular weight is 315 g/mol. The van der Waals surface area contributed by atoms with Crippen LogP contribution in [0.15, 0.2) is 24.7 Å². The second kappa shape index (κ2) is 5.57. The van der Waals surface area contributed by atoms with E-state index in [4.69, 9.17) is 10.5 Å². The number of nitrogen functional groups attached to an aromatic ring is 1. The zero-order valence-electron chi connectivity index (χ0n) is 13.6. The van der Waals surface area contributed by atoms with Gasteiger partial charge < -0.3 is 15.4 Å². The van der Waals surface area contributed by atoms with Gasteiger partial charge in [-0.2, -0.15) is 0 Å². The number of hydrogen-bond donors (Lipinski definition) is 1. The fourth-order valence-corrected chi connectivity index (χ4v) is 2.54. The largest absolute Gasteiger partial charge is 0.444 e. The zero-order chi connectivity index (χ0) is 16.6. The van der Waals surface area contributed by atoms with Crippen LogP contribution in [0.1, 0.15) is 32.8 Å². The third-order valence-corrected chi connectivity index (χ3v) is 3.66. The number of aromatic nitrogens is 3. The Morgan fingerprint density at radius 3 is 2.74 bits per heavy atom. The lowest BCUT2D eigenvalue weighted by atomic mass is 10.0. The lowest BCUT2D eigenvalue weighted by molar-refractivity contribution is 0.0270. The van der Waals surface area contributed by atoms with Crippen molar-refractivity contribution in [3.63, 3.8) is 0 Å². The Morgan fingerprint density at radius 2 is 2.13 bits per heavy atom. The van der Waals surface area contributed by atoms with Crippen LogP contribution in [0.4, 0.5) is 10.7 Å². The highest BCUT2D eigenvalue weighted by molar-refractivity contribution is 5.74. The van der Waals surface area contributed by atoms with Crippen LogP contribution in [0.5, 0.6) is 0 Å². The van der Waals surface area contributed by atoms with Gasteiger partial charge in [-0.15, -0.1) is 0 Å². The Bertz CT molecular complexity index is 772. The van der Waals surface area contributed by atoms with Crippen molar-refractivity contribution in [1.29, 1.82) is 0 Å². The van der Waals surface area contributed by atoms with E-state index in [1.807, 2.05) is 39.1 Å². The minimum Gasteiger partial charge on any atom is -0.444 e. The Morgan fingerprint density at radius 1 is 1.35 bits per heavy atom. The van der Waals surface area contributed by atoms with E-state index >= 15 is 0 Å². The summed E-state index contributed by atoms with van der Waals surface area (Å²) in [7, 11) is 0. The van der Waals surface area contributed by atoms with E-state index in [0.717, 1.165) is 17.6 Å². The molecule has 0 fully saturated rings. The summed E-state index contributed by atoms with van der Waals surface area (Å²) >= 11 is 0. The molecular formula is C16H21N5O2. The summed E-state index contributed by atoms with van der Waals surface area (Å²) in [6.07, 6.45) is 5.92. The monoisotopic (exact) mass is 315 g/mol. The molecule has 7 heteroatoms. The van der Waals surface area contributed by atoms with Crippen molar-refractivity contribution >= 4 is 23.3 Å². The molecule has 0 aromatic carbocycles. The number of carbonyl (C=O) groups excluding carboxylic acids is 1. The van der Waals surface area contributed by atoms with E-state index in [1.54, 1.807) is 9.30 Å². The highest BCUT2D eigenvalue weighted by Crippen LogP contribution is 2.25. The second-order valence-electron chi connectivity index (χ2n) is 6.59. The number of amides is 1. The summed E-state index contributed by atoms with van der Waals surface area (Å²) in [6, 6.07) is 1.98. The fourth-order valence-electron chi connectivity index (χ4n) is 2.54. The van der Waals surface area contributed by atoms with Crippen molar-refractivity contribution in [2.24, 2.45) is 0 Å². The van der Waals surface area contributed by atoms with Crippen molar-refractivity contribution in [2.45, 2.75) is 32.8 Å². The number of ether oxygens (including phenoxy) is 1. The predicted octanol–water partition coefficient (Wildman–Crippen LogP) is 2.34. The molecule has 122 valence electrons. The third kappa shape index (κ3) is 3.28. The van der Waals surface area contributed by atoms with E-state index in [-0.39, 0.29) is 6.09 Å². The summed E-state index contributed by atoms with van der Waals surface area (Å²) < 4.78 is 7.16. The molecule has 0 radical (unpaired) electrons. The standard InChI is InChI=1S/C16H21N5O2/c1-16(2,3)23-15(22)20-6-4-11(5-7-20)12-8-13-18-10-19-14(17)21(13)9-12/h4,8-10H,5-7H2,1-3H3,(H2,17,18,19). The average Bonchev–Trinajstić information content (AvgIpc) is 2.91. The normalized spacial score (nSPS) is 15.6. The Kier molecular flexibility index (Phi) is 3.71. The molecule has 2 aromatic rings. The summed E-state index contributed by atoms with van der Waals surface area (Å²) in [6.45, 7) is 6.78. The third-order valence-electron chi connectivity index (χ3n) is 3.66. The molecular weight excluding hydrogens is 294 g/mol. The molecule has 0 bridgehead atoms. The lowest BCUT2D eigenvalue weighted by Crippen LogP contribution is -2.39. The number of rotatable bonds is 1. The molecule has 7 nitrogen and oxygen atoms in total. The number of nitrogens with zero attached hydrogens (tertiary/aromatic N) is 4. The van der Waals surface area contributed by atoms with Crippen LogP contribution in [-0.4, -0.2) is 44.1 Å². The van der Waals surface area contributed by atoms with Gasteiger partial charge in [0.15, 0.2) is 0 Å². The van der Waals surface area contributed by atoms with Gasteiger partial charge in [0, 0.05) is 19.3 Å². The first-order valence-corrected chi connectivity index (χ1v) is 7.59. The van der Waals surface area contributed by atoms with Crippen LogP contribution < -0.4 is 5.73 Å². The van der Waals surface area contributed by atoms with Crippen molar-refractivity contribution < 1.29 is 9.53 Å². The topological polar surface area (TPSA) is 85.8 Å². The predicted molar refractivity (Wildman–Crippen MR) is 87.8 cm³/mol. The van der Waals surface area contributed by atoms with Crippen molar-refractivity contribution in [3.8, 4) is 0 Å². The van der Waals surface area contributed by atoms with Crippen LogP contribution in [0.2, 0.25) is 0 Å². The van der Waals surface area contributed by atoms with Crippen LogP contribution in [0, 0.1) is 0 Å². The molecule has 2 N–H and O–H groups in total. The van der Waals surface area contributed by atoms with Gasteiger partial charge in [0.25, 0.3) is 0 Å². The molecule has 3 rings (SSSR count). The molecule has 3 heterocycles. The molecule has 0 spiro atoms. The molecule has 0 aliphatic carbocycles.